The normalized spacial score (nSPS) is 12.9. The Balaban J connectivity index is 2.65. The molecule has 8 heteroatoms. The monoisotopic (exact) mass is 366 g/mol. The van der Waals surface area contributed by atoms with Gasteiger partial charge in [-0.25, -0.2) is 4.98 Å². The zero-order valence-corrected chi connectivity index (χ0v) is 15.3. The number of hydrogen-bond donors (Lipinski definition) is 1. The number of alkyl halides is 3. The summed E-state index contributed by atoms with van der Waals surface area (Å²) in [6, 6.07) is 6.19. The second-order valence-corrected chi connectivity index (χ2v) is 7.93. The van der Waals surface area contributed by atoms with Gasteiger partial charge in [0.25, 0.3) is 0 Å². The van der Waals surface area contributed by atoms with Gasteiger partial charge in [0.2, 0.25) is 11.9 Å². The summed E-state index contributed by atoms with van der Waals surface area (Å²) in [4.78, 5) is 16.4. The van der Waals surface area contributed by atoms with Crippen LogP contribution in [0, 0.1) is 16.7 Å². The van der Waals surface area contributed by atoms with Crippen LogP contribution in [0.2, 0.25) is 0 Å². The first-order chi connectivity index (χ1) is 11.8. The number of halogens is 3. The molecule has 0 saturated heterocycles. The fourth-order valence-corrected chi connectivity index (χ4v) is 2.57. The van der Waals surface area contributed by atoms with Crippen LogP contribution in [-0.4, -0.2) is 21.6 Å². The first kappa shape index (κ1) is 19.8. The molecule has 26 heavy (non-hydrogen) atoms. The van der Waals surface area contributed by atoms with E-state index in [-0.39, 0.29) is 34.4 Å². The number of carbonyl (C=O) groups is 1. The second kappa shape index (κ2) is 6.31. The van der Waals surface area contributed by atoms with Crippen LogP contribution in [-0.2, 0) is 10.3 Å². The highest BCUT2D eigenvalue weighted by Gasteiger charge is 2.50. The van der Waals surface area contributed by atoms with Gasteiger partial charge in [0, 0.05) is 6.42 Å². The highest BCUT2D eigenvalue weighted by atomic mass is 19.4. The number of hydrogen-bond acceptors (Lipinski definition) is 3. The van der Waals surface area contributed by atoms with Crippen molar-refractivity contribution in [1.29, 1.82) is 5.26 Å². The molecule has 0 spiro atoms. The molecule has 140 valence electrons. The summed E-state index contributed by atoms with van der Waals surface area (Å²) < 4.78 is 41.9. The van der Waals surface area contributed by atoms with Crippen molar-refractivity contribution in [1.82, 2.24) is 9.55 Å². The SMILES string of the molecule is CC(C)(C)CC(=O)Nc1nc2ccc(C#N)cc2n1C(C)(C)C(F)(F)F. The Morgan fingerprint density at radius 1 is 1.23 bits per heavy atom. The summed E-state index contributed by atoms with van der Waals surface area (Å²) >= 11 is 0. The van der Waals surface area contributed by atoms with Crippen LogP contribution in [0.3, 0.4) is 0 Å². The second-order valence-electron chi connectivity index (χ2n) is 7.93. The molecule has 0 aliphatic heterocycles. The van der Waals surface area contributed by atoms with Crippen LogP contribution in [0.4, 0.5) is 19.1 Å². The van der Waals surface area contributed by atoms with Crippen molar-refractivity contribution in [2.75, 3.05) is 5.32 Å². The lowest BCUT2D eigenvalue weighted by molar-refractivity contribution is -0.201. The Labute approximate surface area is 149 Å². The first-order valence-electron chi connectivity index (χ1n) is 8.06. The summed E-state index contributed by atoms with van der Waals surface area (Å²) in [6.07, 6.45) is -4.46. The number of nitrogens with one attached hydrogen (secondary N) is 1. The molecule has 0 atom stereocenters. The van der Waals surface area contributed by atoms with Crippen LogP contribution >= 0.6 is 0 Å². The molecule has 0 bridgehead atoms. The van der Waals surface area contributed by atoms with Crippen molar-refractivity contribution in [2.45, 2.75) is 52.8 Å². The fourth-order valence-electron chi connectivity index (χ4n) is 2.57. The molecule has 1 heterocycles. The quantitative estimate of drug-likeness (QED) is 0.864. The molecule has 0 radical (unpaired) electrons. The predicted octanol–water partition coefficient (Wildman–Crippen LogP) is 4.58. The Morgan fingerprint density at radius 3 is 2.35 bits per heavy atom. The van der Waals surface area contributed by atoms with E-state index in [0.717, 1.165) is 18.4 Å². The summed E-state index contributed by atoms with van der Waals surface area (Å²) in [7, 11) is 0. The van der Waals surface area contributed by atoms with E-state index in [4.69, 9.17) is 5.26 Å². The molecular weight excluding hydrogens is 345 g/mol. The third kappa shape index (κ3) is 3.82. The lowest BCUT2D eigenvalue weighted by Gasteiger charge is -2.31. The molecule has 0 unspecified atom stereocenters. The lowest BCUT2D eigenvalue weighted by Crippen LogP contribution is -2.43. The summed E-state index contributed by atoms with van der Waals surface area (Å²) in [5.74, 6) is -0.612. The van der Waals surface area contributed by atoms with E-state index in [2.05, 4.69) is 10.3 Å². The average Bonchev–Trinajstić information content (AvgIpc) is 2.80. The van der Waals surface area contributed by atoms with Crippen LogP contribution < -0.4 is 5.32 Å². The Kier molecular flexibility index (Phi) is 4.79. The highest BCUT2D eigenvalue weighted by molar-refractivity contribution is 5.92. The van der Waals surface area contributed by atoms with Gasteiger partial charge in [-0.3, -0.25) is 14.7 Å². The van der Waals surface area contributed by atoms with E-state index < -0.39 is 17.6 Å². The minimum absolute atomic E-state index is 0.131. The topological polar surface area (TPSA) is 70.7 Å². The maximum absolute atomic E-state index is 13.7. The Morgan fingerprint density at radius 2 is 1.85 bits per heavy atom. The minimum Gasteiger partial charge on any atom is -0.296 e. The van der Waals surface area contributed by atoms with Crippen molar-refractivity contribution in [3.63, 3.8) is 0 Å². The van der Waals surface area contributed by atoms with Gasteiger partial charge in [-0.15, -0.1) is 0 Å². The zero-order valence-electron chi connectivity index (χ0n) is 15.3. The van der Waals surface area contributed by atoms with Crippen LogP contribution in [0.5, 0.6) is 0 Å². The van der Waals surface area contributed by atoms with E-state index >= 15 is 0 Å². The van der Waals surface area contributed by atoms with Crippen molar-refractivity contribution >= 4 is 22.9 Å². The van der Waals surface area contributed by atoms with Gasteiger partial charge in [-0.05, 0) is 37.5 Å². The molecule has 2 aromatic rings. The molecule has 5 nitrogen and oxygen atoms in total. The van der Waals surface area contributed by atoms with Gasteiger partial charge < -0.3 is 0 Å². The van der Waals surface area contributed by atoms with E-state index in [1.807, 2.05) is 26.8 Å². The smallest absolute Gasteiger partial charge is 0.296 e. The molecule has 0 fully saturated rings. The standard InChI is InChI=1S/C18H21F3N4O/c1-16(2,3)9-14(26)24-15-23-12-7-6-11(10-22)8-13(12)25(15)17(4,5)18(19,20)21/h6-8H,9H2,1-5H3,(H,23,24,26). The number of nitriles is 1. The highest BCUT2D eigenvalue weighted by Crippen LogP contribution is 2.40. The number of carbonyl (C=O) groups excluding carboxylic acids is 1. The third-order valence-electron chi connectivity index (χ3n) is 3.98. The molecular formula is C18H21F3N4O. The lowest BCUT2D eigenvalue weighted by atomic mass is 9.92. The van der Waals surface area contributed by atoms with Crippen LogP contribution in [0.15, 0.2) is 18.2 Å². The third-order valence-corrected chi connectivity index (χ3v) is 3.98. The predicted molar refractivity (Wildman–Crippen MR) is 92.5 cm³/mol. The average molecular weight is 366 g/mol. The van der Waals surface area contributed by atoms with Gasteiger partial charge in [0.15, 0.2) is 0 Å². The fraction of sp³-hybridized carbons (Fsp3) is 0.500. The molecule has 1 aromatic carbocycles. The maximum atomic E-state index is 13.7. The summed E-state index contributed by atoms with van der Waals surface area (Å²) in [5.41, 5.74) is -2.04. The van der Waals surface area contributed by atoms with Crippen LogP contribution in [0.25, 0.3) is 11.0 Å². The van der Waals surface area contributed by atoms with E-state index in [1.54, 1.807) is 0 Å². The van der Waals surface area contributed by atoms with Crippen molar-refractivity contribution in [2.24, 2.45) is 5.41 Å². The van der Waals surface area contributed by atoms with Crippen molar-refractivity contribution < 1.29 is 18.0 Å². The number of rotatable bonds is 3. The molecule has 1 N–H and O–H groups in total. The first-order valence-corrected chi connectivity index (χ1v) is 8.06. The van der Waals surface area contributed by atoms with Gasteiger partial charge in [0.1, 0.15) is 5.54 Å². The summed E-state index contributed by atoms with van der Waals surface area (Å²) in [6.45, 7) is 7.58. The number of benzene rings is 1. The number of nitrogens with zero attached hydrogens (tertiary/aromatic N) is 3. The van der Waals surface area contributed by atoms with Gasteiger partial charge in [-0.2, -0.15) is 18.4 Å². The molecule has 2 rings (SSSR count). The number of anilines is 1. The van der Waals surface area contributed by atoms with Gasteiger partial charge in [0.05, 0.1) is 22.7 Å². The Bertz CT molecular complexity index is 883. The van der Waals surface area contributed by atoms with E-state index in [0.29, 0.717) is 0 Å². The van der Waals surface area contributed by atoms with E-state index in [9.17, 15) is 18.0 Å². The number of imidazole rings is 1. The minimum atomic E-state index is -4.59. The van der Waals surface area contributed by atoms with E-state index in [1.165, 1.54) is 18.2 Å². The largest absolute Gasteiger partial charge is 0.411 e. The zero-order chi connectivity index (χ0) is 19.9. The van der Waals surface area contributed by atoms with Gasteiger partial charge in [-0.1, -0.05) is 20.8 Å². The van der Waals surface area contributed by atoms with Crippen molar-refractivity contribution in [3.8, 4) is 6.07 Å². The summed E-state index contributed by atoms with van der Waals surface area (Å²) in [5, 5.41) is 11.6. The number of aromatic nitrogens is 2. The van der Waals surface area contributed by atoms with Crippen molar-refractivity contribution in [3.05, 3.63) is 23.8 Å². The molecule has 1 amide bonds. The van der Waals surface area contributed by atoms with Crippen LogP contribution in [0.1, 0.15) is 46.6 Å². The molecule has 0 aliphatic carbocycles. The number of fused-ring (bicyclic) bond motifs is 1. The molecule has 1 aromatic heterocycles. The Hall–Kier alpha value is -2.56. The molecule has 0 aliphatic rings. The molecule has 0 saturated carbocycles. The number of amides is 1. The maximum Gasteiger partial charge on any atom is 0.411 e. The van der Waals surface area contributed by atoms with Gasteiger partial charge >= 0.3 is 6.18 Å².